The maximum Gasteiger partial charge on any atom is 0.240 e. The van der Waals surface area contributed by atoms with Crippen molar-refractivity contribution in [1.29, 1.82) is 0 Å². The smallest absolute Gasteiger partial charge is 0.240 e. The Hall–Kier alpha value is -4.14. The van der Waals surface area contributed by atoms with Gasteiger partial charge in [-0.3, -0.25) is 19.6 Å². The number of rotatable bonds is 3. The fraction of sp³-hybridized carbons (Fsp3) is 0.207. The predicted octanol–water partition coefficient (Wildman–Crippen LogP) is 4.08. The number of carbonyl (C=O) groups is 2. The highest BCUT2D eigenvalue weighted by Gasteiger charge is 2.72. The monoisotopic (exact) mass is 521 g/mol. The Bertz CT molecular complexity index is 1660. The lowest BCUT2D eigenvalue weighted by atomic mass is 9.70. The molecular formula is C29H20ClN5O3. The molecule has 0 saturated carbocycles. The number of imide groups is 1. The van der Waals surface area contributed by atoms with Gasteiger partial charge in [0.2, 0.25) is 11.8 Å². The van der Waals surface area contributed by atoms with Crippen LogP contribution < -0.4 is 9.91 Å². The van der Waals surface area contributed by atoms with E-state index in [1.165, 1.54) is 4.90 Å². The van der Waals surface area contributed by atoms with Crippen LogP contribution in [-0.2, 0) is 14.3 Å². The molecule has 8 rings (SSSR count). The lowest BCUT2D eigenvalue weighted by Crippen LogP contribution is -2.50. The van der Waals surface area contributed by atoms with Crippen LogP contribution in [0, 0.1) is 17.8 Å². The second kappa shape index (κ2) is 7.93. The number of nitrogens with zero attached hydrogens (tertiary/aromatic N) is 5. The fourth-order valence-corrected chi connectivity index (χ4v) is 6.70. The third kappa shape index (κ3) is 2.92. The standard InChI is InChI=1S/C29H20ClN5O3/c30-15-10-12-16(13-11-15)34-28(36)21-22(29(34)37)27-25-23(26(21)38-27)24(33-35(25)17-6-2-1-3-7-17)20-14-31-18-8-4-5-9-19(18)32-20/h1-14,21-23,25-27H/t21-,22+,23+,25-,26-,27+/m1/s1. The Morgan fingerprint density at radius 3 is 2.18 bits per heavy atom. The summed E-state index contributed by atoms with van der Waals surface area (Å²) >= 11 is 6.05. The molecule has 8 nitrogen and oxygen atoms in total. The van der Waals surface area contributed by atoms with Gasteiger partial charge in [0.25, 0.3) is 0 Å². The number of anilines is 2. The van der Waals surface area contributed by atoms with E-state index in [0.717, 1.165) is 22.4 Å². The van der Waals surface area contributed by atoms with Crippen molar-refractivity contribution in [3.05, 3.63) is 95.8 Å². The Balaban J connectivity index is 1.24. The van der Waals surface area contributed by atoms with Crippen LogP contribution in [0.5, 0.6) is 0 Å². The number of ether oxygens (including phenoxy) is 1. The minimum absolute atomic E-state index is 0.236. The molecule has 0 N–H and O–H groups in total. The molecule has 3 saturated heterocycles. The number of fused-ring (bicyclic) bond motifs is 9. The SMILES string of the molecule is O=C1[C@@H]2[C@@H]3O[C@@H]([C@H]4C(c5cnc6ccccc6n5)=NN(c5ccccc5)[C@@H]34)[C@@H]2C(=O)N1c1ccc(Cl)cc1. The molecule has 4 aliphatic heterocycles. The number of hydrogen-bond donors (Lipinski definition) is 0. The van der Waals surface area contributed by atoms with E-state index in [1.54, 1.807) is 30.5 Å². The van der Waals surface area contributed by atoms with Crippen molar-refractivity contribution >= 4 is 51.5 Å². The number of hydrogen-bond acceptors (Lipinski definition) is 7. The summed E-state index contributed by atoms with van der Waals surface area (Å²) in [5.41, 5.74) is 4.36. The number of aromatic nitrogens is 2. The molecule has 0 radical (unpaired) electrons. The Labute approximate surface area is 222 Å². The van der Waals surface area contributed by atoms with Crippen molar-refractivity contribution in [2.75, 3.05) is 9.91 Å². The molecule has 2 amide bonds. The first-order valence-corrected chi connectivity index (χ1v) is 12.9. The summed E-state index contributed by atoms with van der Waals surface area (Å²) in [7, 11) is 0. The second-order valence-electron chi connectivity index (χ2n) is 10.0. The maximum atomic E-state index is 13.7. The van der Waals surface area contributed by atoms with Gasteiger partial charge >= 0.3 is 0 Å². The van der Waals surface area contributed by atoms with Gasteiger partial charge in [0, 0.05) is 5.02 Å². The Kier molecular flexibility index (Phi) is 4.57. The first-order valence-electron chi connectivity index (χ1n) is 12.5. The molecule has 0 aliphatic carbocycles. The van der Waals surface area contributed by atoms with E-state index < -0.39 is 24.0 Å². The molecule has 1 aromatic heterocycles. The van der Waals surface area contributed by atoms with Crippen LogP contribution in [0.3, 0.4) is 0 Å². The van der Waals surface area contributed by atoms with E-state index in [1.807, 2.05) is 59.6 Å². The summed E-state index contributed by atoms with van der Waals surface area (Å²) in [6, 6.07) is 24.1. The number of para-hydroxylation sites is 3. The molecule has 2 bridgehead atoms. The summed E-state index contributed by atoms with van der Waals surface area (Å²) in [5, 5.41) is 7.53. The highest BCUT2D eigenvalue weighted by Crippen LogP contribution is 2.56. The minimum atomic E-state index is -0.584. The van der Waals surface area contributed by atoms with Gasteiger partial charge in [-0.15, -0.1) is 0 Å². The van der Waals surface area contributed by atoms with Crippen LogP contribution in [-0.4, -0.2) is 45.7 Å². The van der Waals surface area contributed by atoms with Gasteiger partial charge in [-0.1, -0.05) is 41.9 Å². The first kappa shape index (κ1) is 21.9. The van der Waals surface area contributed by atoms with Crippen molar-refractivity contribution in [3.8, 4) is 0 Å². The normalized spacial score (nSPS) is 29.2. The number of halogens is 1. The molecule has 38 heavy (non-hydrogen) atoms. The second-order valence-corrected chi connectivity index (χ2v) is 10.5. The van der Waals surface area contributed by atoms with E-state index in [9.17, 15) is 9.59 Å². The van der Waals surface area contributed by atoms with Crippen molar-refractivity contribution in [2.45, 2.75) is 18.2 Å². The molecule has 4 aliphatic rings. The summed E-state index contributed by atoms with van der Waals surface area (Å²) in [4.78, 5) is 38.2. The number of hydrazone groups is 1. The van der Waals surface area contributed by atoms with Crippen LogP contribution in [0.25, 0.3) is 11.0 Å². The highest BCUT2D eigenvalue weighted by atomic mass is 35.5. The third-order valence-corrected chi connectivity index (χ3v) is 8.36. The van der Waals surface area contributed by atoms with Crippen LogP contribution in [0.2, 0.25) is 5.02 Å². The largest absolute Gasteiger partial charge is 0.370 e. The van der Waals surface area contributed by atoms with Crippen LogP contribution in [0.1, 0.15) is 5.69 Å². The van der Waals surface area contributed by atoms with Gasteiger partial charge in [0.15, 0.2) is 0 Å². The maximum absolute atomic E-state index is 13.7. The topological polar surface area (TPSA) is 88.0 Å². The molecule has 3 fully saturated rings. The zero-order chi connectivity index (χ0) is 25.5. The van der Waals surface area contributed by atoms with Crippen LogP contribution >= 0.6 is 11.6 Å². The van der Waals surface area contributed by atoms with E-state index in [-0.39, 0.29) is 23.8 Å². The minimum Gasteiger partial charge on any atom is -0.370 e. The van der Waals surface area contributed by atoms with E-state index >= 15 is 0 Å². The molecule has 4 aromatic rings. The predicted molar refractivity (Wildman–Crippen MR) is 142 cm³/mol. The Morgan fingerprint density at radius 2 is 1.42 bits per heavy atom. The molecular weight excluding hydrogens is 502 g/mol. The molecule has 0 unspecified atom stereocenters. The van der Waals surface area contributed by atoms with Crippen molar-refractivity contribution in [3.63, 3.8) is 0 Å². The number of amides is 2. The van der Waals surface area contributed by atoms with Gasteiger partial charge in [-0.2, -0.15) is 5.10 Å². The van der Waals surface area contributed by atoms with Crippen molar-refractivity contribution in [1.82, 2.24) is 9.97 Å². The van der Waals surface area contributed by atoms with Gasteiger partial charge in [0.1, 0.15) is 5.69 Å². The zero-order valence-corrected chi connectivity index (χ0v) is 20.6. The first-order chi connectivity index (χ1) is 18.6. The summed E-state index contributed by atoms with van der Waals surface area (Å²) in [5.74, 6) is -1.87. The average molecular weight is 522 g/mol. The number of carbonyl (C=O) groups excluding carboxylic acids is 2. The third-order valence-electron chi connectivity index (χ3n) is 8.11. The molecule has 186 valence electrons. The highest BCUT2D eigenvalue weighted by molar-refractivity contribution is 6.31. The summed E-state index contributed by atoms with van der Waals surface area (Å²) < 4.78 is 6.48. The fourth-order valence-electron chi connectivity index (χ4n) is 6.57. The lowest BCUT2D eigenvalue weighted by Gasteiger charge is -2.32. The van der Waals surface area contributed by atoms with E-state index in [2.05, 4.69) is 4.98 Å². The summed E-state index contributed by atoms with van der Waals surface area (Å²) in [6.45, 7) is 0. The average Bonchev–Trinajstić information content (AvgIpc) is 3.69. The van der Waals surface area contributed by atoms with Gasteiger partial charge in [-0.25, -0.2) is 9.88 Å². The molecule has 5 heterocycles. The van der Waals surface area contributed by atoms with Gasteiger partial charge < -0.3 is 4.74 Å². The molecule has 0 spiro atoms. The lowest BCUT2D eigenvalue weighted by molar-refractivity contribution is -0.125. The Morgan fingerprint density at radius 1 is 0.737 bits per heavy atom. The zero-order valence-electron chi connectivity index (χ0n) is 19.9. The van der Waals surface area contributed by atoms with Gasteiger partial charge in [0.05, 0.1) is 70.3 Å². The van der Waals surface area contributed by atoms with Crippen LogP contribution in [0.4, 0.5) is 11.4 Å². The molecule has 9 heteroatoms. The van der Waals surface area contributed by atoms with Crippen molar-refractivity contribution < 1.29 is 14.3 Å². The van der Waals surface area contributed by atoms with Crippen molar-refractivity contribution in [2.24, 2.45) is 22.9 Å². The number of benzene rings is 3. The quantitative estimate of drug-likeness (QED) is 0.378. The van der Waals surface area contributed by atoms with Crippen LogP contribution in [0.15, 0.2) is 90.2 Å². The molecule has 6 atom stereocenters. The van der Waals surface area contributed by atoms with E-state index in [4.69, 9.17) is 26.4 Å². The van der Waals surface area contributed by atoms with Gasteiger partial charge in [-0.05, 0) is 48.5 Å². The summed E-state index contributed by atoms with van der Waals surface area (Å²) in [6.07, 6.45) is 0.751. The van der Waals surface area contributed by atoms with E-state index in [0.29, 0.717) is 16.4 Å². The molecule has 3 aromatic carbocycles.